The van der Waals surface area contributed by atoms with Gasteiger partial charge in [0, 0.05) is 13.1 Å². The summed E-state index contributed by atoms with van der Waals surface area (Å²) in [5, 5.41) is 13.5. The van der Waals surface area contributed by atoms with E-state index in [4.69, 9.17) is 0 Å². The van der Waals surface area contributed by atoms with Crippen molar-refractivity contribution in [2.45, 2.75) is 6.42 Å². The van der Waals surface area contributed by atoms with Crippen LogP contribution in [-0.4, -0.2) is 25.1 Å². The molecule has 1 N–H and O–H groups in total. The van der Waals surface area contributed by atoms with Crippen LogP contribution in [0, 0.1) is 10.1 Å². The van der Waals surface area contributed by atoms with E-state index in [2.05, 4.69) is 10.1 Å². The molecule has 0 atom stereocenters. The predicted molar refractivity (Wildman–Crippen MR) is 58.4 cm³/mol. The number of nitrogens with one attached hydrogen (secondary N) is 1. The lowest BCUT2D eigenvalue weighted by molar-refractivity contribution is -0.384. The maximum absolute atomic E-state index is 11.0. The maximum Gasteiger partial charge on any atom is 0.309 e. The summed E-state index contributed by atoms with van der Waals surface area (Å²) >= 11 is 0. The van der Waals surface area contributed by atoms with Crippen LogP contribution in [-0.2, 0) is 16.0 Å². The maximum atomic E-state index is 11.0. The average molecular weight is 224 g/mol. The molecule has 0 spiro atoms. The number of methoxy groups -OCH3 is 1. The van der Waals surface area contributed by atoms with Crippen LogP contribution in [0.1, 0.15) is 5.56 Å². The topological polar surface area (TPSA) is 81.5 Å². The number of esters is 1. The minimum Gasteiger partial charge on any atom is -0.469 e. The van der Waals surface area contributed by atoms with Gasteiger partial charge in [0.1, 0.15) is 5.69 Å². The van der Waals surface area contributed by atoms with Gasteiger partial charge in [0.15, 0.2) is 0 Å². The first-order chi connectivity index (χ1) is 7.58. The highest BCUT2D eigenvalue weighted by Crippen LogP contribution is 2.25. The quantitative estimate of drug-likeness (QED) is 0.474. The number of hydrogen-bond donors (Lipinski definition) is 1. The van der Waals surface area contributed by atoms with Gasteiger partial charge in [0.25, 0.3) is 5.69 Å². The van der Waals surface area contributed by atoms with Gasteiger partial charge in [-0.3, -0.25) is 14.9 Å². The lowest BCUT2D eigenvalue weighted by atomic mass is 10.1. The third kappa shape index (κ3) is 2.69. The van der Waals surface area contributed by atoms with Crippen molar-refractivity contribution in [2.24, 2.45) is 0 Å². The highest BCUT2D eigenvalue weighted by molar-refractivity contribution is 5.74. The smallest absolute Gasteiger partial charge is 0.309 e. The fourth-order valence-electron chi connectivity index (χ4n) is 1.29. The van der Waals surface area contributed by atoms with E-state index in [0.717, 1.165) is 0 Å². The molecule has 1 aromatic rings. The first-order valence-electron chi connectivity index (χ1n) is 4.60. The summed E-state index contributed by atoms with van der Waals surface area (Å²) in [5.74, 6) is -0.425. The van der Waals surface area contributed by atoms with Crippen LogP contribution in [0.2, 0.25) is 0 Å². The number of anilines is 1. The molecule has 0 radical (unpaired) electrons. The molecule has 6 nitrogen and oxygen atoms in total. The van der Waals surface area contributed by atoms with E-state index in [9.17, 15) is 14.9 Å². The molecule has 0 aliphatic heterocycles. The summed E-state index contributed by atoms with van der Waals surface area (Å²) in [5.41, 5.74) is 0.917. The number of ether oxygens (including phenoxy) is 1. The van der Waals surface area contributed by atoms with Crippen molar-refractivity contribution in [3.63, 3.8) is 0 Å². The predicted octanol–water partition coefficient (Wildman–Crippen LogP) is 1.35. The number of benzene rings is 1. The van der Waals surface area contributed by atoms with Gasteiger partial charge in [-0.2, -0.15) is 0 Å². The lowest BCUT2D eigenvalue weighted by Gasteiger charge is -2.04. The van der Waals surface area contributed by atoms with Crippen LogP contribution in [0.3, 0.4) is 0 Å². The van der Waals surface area contributed by atoms with Crippen LogP contribution >= 0.6 is 0 Å². The summed E-state index contributed by atoms with van der Waals surface area (Å²) in [6.07, 6.45) is 0.0291. The summed E-state index contributed by atoms with van der Waals surface area (Å²) in [6.45, 7) is 0. The normalized spacial score (nSPS) is 9.62. The van der Waals surface area contributed by atoms with Gasteiger partial charge in [-0.15, -0.1) is 0 Å². The molecule has 0 bridgehead atoms. The first-order valence-corrected chi connectivity index (χ1v) is 4.60. The van der Waals surface area contributed by atoms with Crippen molar-refractivity contribution in [3.05, 3.63) is 33.9 Å². The monoisotopic (exact) mass is 224 g/mol. The number of carbonyl (C=O) groups is 1. The molecular weight excluding hydrogens is 212 g/mol. The van der Waals surface area contributed by atoms with E-state index in [1.165, 1.54) is 13.2 Å². The third-order valence-electron chi connectivity index (χ3n) is 2.10. The molecule has 0 fully saturated rings. The van der Waals surface area contributed by atoms with E-state index in [0.29, 0.717) is 11.3 Å². The fourth-order valence-corrected chi connectivity index (χ4v) is 1.29. The van der Waals surface area contributed by atoms with E-state index in [1.807, 2.05) is 0 Å². The highest BCUT2D eigenvalue weighted by atomic mass is 16.6. The Morgan fingerprint density at radius 3 is 2.75 bits per heavy atom. The molecule has 0 saturated heterocycles. The van der Waals surface area contributed by atoms with Gasteiger partial charge in [-0.25, -0.2) is 0 Å². The fraction of sp³-hybridized carbons (Fsp3) is 0.300. The van der Waals surface area contributed by atoms with Gasteiger partial charge in [0.2, 0.25) is 0 Å². The Labute approximate surface area is 92.4 Å². The largest absolute Gasteiger partial charge is 0.469 e. The second-order valence-corrected chi connectivity index (χ2v) is 3.11. The number of nitrogens with zero attached hydrogens (tertiary/aromatic N) is 1. The van der Waals surface area contributed by atoms with Crippen LogP contribution in [0.15, 0.2) is 18.2 Å². The molecule has 0 unspecified atom stereocenters. The Hall–Kier alpha value is -2.11. The van der Waals surface area contributed by atoms with Gasteiger partial charge >= 0.3 is 5.97 Å². The number of rotatable bonds is 4. The number of nitro groups is 1. The Kier molecular flexibility index (Phi) is 3.82. The molecular formula is C10H12N2O4. The zero-order valence-electron chi connectivity index (χ0n) is 9.02. The molecule has 6 heteroatoms. The van der Waals surface area contributed by atoms with Crippen molar-refractivity contribution in [2.75, 3.05) is 19.5 Å². The Balaban J connectivity index is 3.02. The summed E-state index contributed by atoms with van der Waals surface area (Å²) in [7, 11) is 2.88. The number of nitro benzene ring substituents is 1. The van der Waals surface area contributed by atoms with Gasteiger partial charge in [-0.05, 0) is 11.6 Å². The van der Waals surface area contributed by atoms with Crippen molar-refractivity contribution in [3.8, 4) is 0 Å². The molecule has 86 valence electrons. The van der Waals surface area contributed by atoms with Crippen molar-refractivity contribution >= 4 is 17.3 Å². The van der Waals surface area contributed by atoms with Crippen LogP contribution in [0.4, 0.5) is 11.4 Å². The molecule has 0 heterocycles. The van der Waals surface area contributed by atoms with Gasteiger partial charge in [0.05, 0.1) is 18.5 Å². The molecule has 1 rings (SSSR count). The highest BCUT2D eigenvalue weighted by Gasteiger charge is 2.14. The number of carbonyl (C=O) groups excluding carboxylic acids is 1. The number of hydrogen-bond acceptors (Lipinski definition) is 5. The van der Waals surface area contributed by atoms with Crippen LogP contribution in [0.5, 0.6) is 0 Å². The molecule has 1 aromatic carbocycles. The van der Waals surface area contributed by atoms with Crippen LogP contribution in [0.25, 0.3) is 0 Å². The minimum absolute atomic E-state index is 0.0291. The first kappa shape index (κ1) is 12.0. The second-order valence-electron chi connectivity index (χ2n) is 3.11. The Morgan fingerprint density at radius 1 is 1.56 bits per heavy atom. The molecule has 0 aromatic heterocycles. The van der Waals surface area contributed by atoms with Crippen LogP contribution < -0.4 is 5.32 Å². The second kappa shape index (κ2) is 5.11. The van der Waals surface area contributed by atoms with Gasteiger partial charge < -0.3 is 10.1 Å². The minimum atomic E-state index is -0.493. The Bertz CT molecular complexity index is 417. The zero-order valence-corrected chi connectivity index (χ0v) is 9.02. The van der Waals surface area contributed by atoms with E-state index < -0.39 is 10.9 Å². The summed E-state index contributed by atoms with van der Waals surface area (Å²) < 4.78 is 4.49. The van der Waals surface area contributed by atoms with Crippen molar-refractivity contribution < 1.29 is 14.5 Å². The standard InChI is InChI=1S/C10H12N2O4/c1-11-8-4-3-7(6-10(13)16-2)5-9(8)12(14)15/h3-5,11H,6H2,1-2H3. The third-order valence-corrected chi connectivity index (χ3v) is 2.10. The summed E-state index contributed by atoms with van der Waals surface area (Å²) in [6, 6.07) is 4.58. The van der Waals surface area contributed by atoms with Crippen molar-refractivity contribution in [1.29, 1.82) is 0 Å². The van der Waals surface area contributed by atoms with E-state index in [1.54, 1.807) is 19.2 Å². The average Bonchev–Trinajstić information content (AvgIpc) is 2.28. The van der Waals surface area contributed by atoms with Crippen molar-refractivity contribution in [1.82, 2.24) is 0 Å². The Morgan fingerprint density at radius 2 is 2.25 bits per heavy atom. The van der Waals surface area contributed by atoms with Gasteiger partial charge in [-0.1, -0.05) is 6.07 Å². The summed E-state index contributed by atoms with van der Waals surface area (Å²) in [4.78, 5) is 21.3. The molecule has 0 saturated carbocycles. The SMILES string of the molecule is CNc1ccc(CC(=O)OC)cc1[N+](=O)[O-]. The molecule has 16 heavy (non-hydrogen) atoms. The molecule has 0 amide bonds. The molecule has 0 aliphatic rings. The lowest BCUT2D eigenvalue weighted by Crippen LogP contribution is -2.05. The zero-order chi connectivity index (χ0) is 12.1. The molecule has 0 aliphatic carbocycles. The van der Waals surface area contributed by atoms with E-state index in [-0.39, 0.29) is 12.1 Å². The van der Waals surface area contributed by atoms with E-state index >= 15 is 0 Å².